The number of nitrogens with zero attached hydrogens (tertiary/aromatic N) is 1. The number of benzene rings is 1. The van der Waals surface area contributed by atoms with Gasteiger partial charge < -0.3 is 5.11 Å². The minimum absolute atomic E-state index is 0.565. The van der Waals surface area contributed by atoms with Crippen molar-refractivity contribution in [3.63, 3.8) is 0 Å². The summed E-state index contributed by atoms with van der Waals surface area (Å²) in [5.74, 6) is -0.647. The van der Waals surface area contributed by atoms with Gasteiger partial charge in [0.25, 0.3) is 0 Å². The Bertz CT molecular complexity index is 610. The SMILES string of the molecule is O=C(O)C1(Cc2ccnc3ccccc23)CCCC1. The van der Waals surface area contributed by atoms with Gasteiger partial charge in [-0.3, -0.25) is 9.78 Å². The molecule has 1 aliphatic carbocycles. The van der Waals surface area contributed by atoms with Gasteiger partial charge in [0.1, 0.15) is 0 Å². The molecule has 98 valence electrons. The van der Waals surface area contributed by atoms with E-state index in [0.717, 1.165) is 42.1 Å². The summed E-state index contributed by atoms with van der Waals surface area (Å²) in [5.41, 5.74) is 1.48. The number of hydrogen-bond acceptors (Lipinski definition) is 2. The minimum Gasteiger partial charge on any atom is -0.481 e. The summed E-state index contributed by atoms with van der Waals surface area (Å²) >= 11 is 0. The Morgan fingerprint density at radius 3 is 2.68 bits per heavy atom. The van der Waals surface area contributed by atoms with E-state index in [1.807, 2.05) is 30.3 Å². The van der Waals surface area contributed by atoms with Crippen LogP contribution in [0.25, 0.3) is 10.9 Å². The third-order valence-corrected chi connectivity index (χ3v) is 4.28. The highest BCUT2D eigenvalue weighted by Gasteiger charge is 2.41. The highest BCUT2D eigenvalue weighted by Crippen LogP contribution is 2.42. The van der Waals surface area contributed by atoms with E-state index in [1.54, 1.807) is 6.20 Å². The van der Waals surface area contributed by atoms with Crippen molar-refractivity contribution in [2.24, 2.45) is 5.41 Å². The highest BCUT2D eigenvalue weighted by atomic mass is 16.4. The fraction of sp³-hybridized carbons (Fsp3) is 0.375. The van der Waals surface area contributed by atoms with E-state index in [-0.39, 0.29) is 0 Å². The van der Waals surface area contributed by atoms with Crippen LogP contribution in [0.4, 0.5) is 0 Å². The molecule has 3 nitrogen and oxygen atoms in total. The summed E-state index contributed by atoms with van der Waals surface area (Å²) in [6, 6.07) is 9.91. The molecular formula is C16H17NO2. The van der Waals surface area contributed by atoms with Gasteiger partial charge in [-0.2, -0.15) is 0 Å². The van der Waals surface area contributed by atoms with E-state index < -0.39 is 11.4 Å². The molecule has 0 amide bonds. The molecule has 0 unspecified atom stereocenters. The average molecular weight is 255 g/mol. The maximum absolute atomic E-state index is 11.6. The van der Waals surface area contributed by atoms with Gasteiger partial charge in [-0.15, -0.1) is 0 Å². The first kappa shape index (κ1) is 12.2. The number of hydrogen-bond donors (Lipinski definition) is 1. The van der Waals surface area contributed by atoms with Crippen LogP contribution in [0.5, 0.6) is 0 Å². The van der Waals surface area contributed by atoms with Crippen molar-refractivity contribution in [1.29, 1.82) is 0 Å². The first-order valence-corrected chi connectivity index (χ1v) is 6.77. The first-order chi connectivity index (χ1) is 9.21. The molecule has 1 saturated carbocycles. The molecule has 0 atom stereocenters. The third-order valence-electron chi connectivity index (χ3n) is 4.28. The van der Waals surface area contributed by atoms with Crippen LogP contribution >= 0.6 is 0 Å². The van der Waals surface area contributed by atoms with Crippen LogP contribution in [-0.4, -0.2) is 16.1 Å². The Balaban J connectivity index is 2.03. The predicted octanol–water partition coefficient (Wildman–Crippen LogP) is 3.42. The van der Waals surface area contributed by atoms with E-state index in [0.29, 0.717) is 6.42 Å². The molecule has 1 fully saturated rings. The molecule has 0 aliphatic heterocycles. The Hall–Kier alpha value is -1.90. The summed E-state index contributed by atoms with van der Waals surface area (Å²) in [7, 11) is 0. The van der Waals surface area contributed by atoms with Crippen molar-refractivity contribution in [2.45, 2.75) is 32.1 Å². The third kappa shape index (κ3) is 2.09. The molecule has 0 saturated heterocycles. The van der Waals surface area contributed by atoms with E-state index in [1.165, 1.54) is 0 Å². The average Bonchev–Trinajstić information content (AvgIpc) is 2.89. The number of rotatable bonds is 3. The van der Waals surface area contributed by atoms with Gasteiger partial charge in [-0.05, 0) is 37.0 Å². The van der Waals surface area contributed by atoms with Crippen LogP contribution < -0.4 is 0 Å². The molecule has 1 N–H and O–H groups in total. The highest BCUT2D eigenvalue weighted by molar-refractivity contribution is 5.83. The van der Waals surface area contributed by atoms with Crippen molar-refractivity contribution in [3.8, 4) is 0 Å². The molecule has 1 aromatic heterocycles. The lowest BCUT2D eigenvalue weighted by Gasteiger charge is -2.24. The topological polar surface area (TPSA) is 50.2 Å². The Labute approximate surface area is 112 Å². The smallest absolute Gasteiger partial charge is 0.309 e. The lowest BCUT2D eigenvalue weighted by atomic mass is 9.79. The monoisotopic (exact) mass is 255 g/mol. The van der Waals surface area contributed by atoms with Gasteiger partial charge in [-0.1, -0.05) is 31.0 Å². The number of aliphatic carboxylic acids is 1. The number of carboxylic acids is 1. The van der Waals surface area contributed by atoms with Crippen LogP contribution in [0.3, 0.4) is 0 Å². The Kier molecular flexibility index (Phi) is 2.97. The van der Waals surface area contributed by atoms with Gasteiger partial charge in [0, 0.05) is 11.6 Å². The van der Waals surface area contributed by atoms with Crippen molar-refractivity contribution in [3.05, 3.63) is 42.1 Å². The fourth-order valence-corrected chi connectivity index (χ4v) is 3.19. The zero-order valence-electron chi connectivity index (χ0n) is 10.8. The van der Waals surface area contributed by atoms with Crippen LogP contribution in [0.15, 0.2) is 36.5 Å². The summed E-state index contributed by atoms with van der Waals surface area (Å²) < 4.78 is 0. The van der Waals surface area contributed by atoms with Crippen molar-refractivity contribution in [1.82, 2.24) is 4.98 Å². The van der Waals surface area contributed by atoms with Gasteiger partial charge in [0.2, 0.25) is 0 Å². The number of carbonyl (C=O) groups is 1. The van der Waals surface area contributed by atoms with E-state index in [4.69, 9.17) is 0 Å². The molecule has 0 radical (unpaired) electrons. The molecule has 3 heteroatoms. The molecule has 2 aromatic rings. The first-order valence-electron chi connectivity index (χ1n) is 6.77. The Morgan fingerprint density at radius 2 is 1.95 bits per heavy atom. The van der Waals surface area contributed by atoms with Crippen LogP contribution in [0.1, 0.15) is 31.2 Å². The summed E-state index contributed by atoms with van der Waals surface area (Å²) in [4.78, 5) is 16.0. The molecule has 1 aliphatic rings. The lowest BCUT2D eigenvalue weighted by Crippen LogP contribution is -2.30. The van der Waals surface area contributed by atoms with Gasteiger partial charge in [0.05, 0.1) is 10.9 Å². The van der Waals surface area contributed by atoms with Crippen LogP contribution in [0, 0.1) is 5.41 Å². The van der Waals surface area contributed by atoms with Crippen molar-refractivity contribution < 1.29 is 9.90 Å². The number of aromatic nitrogens is 1. The molecular weight excluding hydrogens is 238 g/mol. The van der Waals surface area contributed by atoms with Crippen LogP contribution in [0.2, 0.25) is 0 Å². The lowest BCUT2D eigenvalue weighted by molar-refractivity contribution is -0.148. The standard InChI is InChI=1S/C16H17NO2/c18-15(19)16(8-3-4-9-16)11-12-7-10-17-14-6-2-1-5-13(12)14/h1-2,5-7,10H,3-4,8-9,11H2,(H,18,19). The number of fused-ring (bicyclic) bond motifs is 1. The largest absolute Gasteiger partial charge is 0.481 e. The van der Waals surface area contributed by atoms with Crippen LogP contribution in [-0.2, 0) is 11.2 Å². The van der Waals surface area contributed by atoms with E-state index >= 15 is 0 Å². The zero-order chi connectivity index (χ0) is 13.3. The van der Waals surface area contributed by atoms with Gasteiger partial charge in [-0.25, -0.2) is 0 Å². The summed E-state index contributed by atoms with van der Waals surface area (Å²) in [5, 5.41) is 10.7. The normalized spacial score (nSPS) is 17.7. The molecule has 1 heterocycles. The summed E-state index contributed by atoms with van der Waals surface area (Å²) in [6.07, 6.45) is 6.02. The summed E-state index contributed by atoms with van der Waals surface area (Å²) in [6.45, 7) is 0. The second-order valence-electron chi connectivity index (χ2n) is 5.46. The Morgan fingerprint density at radius 1 is 1.21 bits per heavy atom. The predicted molar refractivity (Wildman–Crippen MR) is 74.0 cm³/mol. The van der Waals surface area contributed by atoms with E-state index in [2.05, 4.69) is 4.98 Å². The zero-order valence-corrected chi connectivity index (χ0v) is 10.8. The maximum Gasteiger partial charge on any atom is 0.309 e. The van der Waals surface area contributed by atoms with Crippen molar-refractivity contribution in [2.75, 3.05) is 0 Å². The van der Waals surface area contributed by atoms with Gasteiger partial charge >= 0.3 is 5.97 Å². The minimum atomic E-state index is -0.647. The number of pyridine rings is 1. The second kappa shape index (κ2) is 4.65. The molecule has 0 bridgehead atoms. The number of carboxylic acid groups (broad SMARTS) is 1. The molecule has 19 heavy (non-hydrogen) atoms. The van der Waals surface area contributed by atoms with Gasteiger partial charge in [0.15, 0.2) is 0 Å². The molecule has 3 rings (SSSR count). The molecule has 0 spiro atoms. The van der Waals surface area contributed by atoms with E-state index in [9.17, 15) is 9.90 Å². The van der Waals surface area contributed by atoms with Crippen molar-refractivity contribution >= 4 is 16.9 Å². The fourth-order valence-electron chi connectivity index (χ4n) is 3.19. The maximum atomic E-state index is 11.6. The quantitative estimate of drug-likeness (QED) is 0.914. The molecule has 1 aromatic carbocycles. The second-order valence-corrected chi connectivity index (χ2v) is 5.46. The number of para-hydroxylation sites is 1.